The van der Waals surface area contributed by atoms with Crippen LogP contribution in [-0.4, -0.2) is 32.7 Å². The van der Waals surface area contributed by atoms with Crippen molar-refractivity contribution in [1.29, 1.82) is 0 Å². The van der Waals surface area contributed by atoms with Crippen molar-refractivity contribution in [3.05, 3.63) is 53.6 Å². The molecule has 1 heterocycles. The topological polar surface area (TPSA) is 50.8 Å². The summed E-state index contributed by atoms with van der Waals surface area (Å²) < 4.78 is 10.6. The lowest BCUT2D eigenvalue weighted by molar-refractivity contribution is -0.122. The van der Waals surface area contributed by atoms with E-state index < -0.39 is 0 Å². The van der Waals surface area contributed by atoms with E-state index in [1.165, 1.54) is 11.3 Å². The monoisotopic (exact) mass is 354 g/mol. The molecule has 1 N–H and O–H groups in total. The lowest BCUT2D eigenvalue weighted by Gasteiger charge is -2.35. The van der Waals surface area contributed by atoms with Gasteiger partial charge in [0.05, 0.1) is 14.2 Å². The molecule has 1 aliphatic heterocycles. The fourth-order valence-corrected chi connectivity index (χ4v) is 3.43. The van der Waals surface area contributed by atoms with Gasteiger partial charge in [0.25, 0.3) is 0 Å². The van der Waals surface area contributed by atoms with E-state index in [0.717, 1.165) is 24.9 Å². The molecule has 138 valence electrons. The molecule has 2 aromatic carbocycles. The van der Waals surface area contributed by atoms with Gasteiger partial charge in [-0.15, -0.1) is 0 Å². The molecule has 5 heteroatoms. The Hall–Kier alpha value is -2.69. The first kappa shape index (κ1) is 18.1. The number of para-hydroxylation sites is 1. The van der Waals surface area contributed by atoms with Gasteiger partial charge in [0.2, 0.25) is 5.91 Å². The summed E-state index contributed by atoms with van der Waals surface area (Å²) in [5, 5.41) is 3.04. The maximum atomic E-state index is 12.7. The quantitative estimate of drug-likeness (QED) is 0.866. The highest BCUT2D eigenvalue weighted by Crippen LogP contribution is 2.29. The number of aryl methyl sites for hydroxylation is 1. The molecule has 0 saturated heterocycles. The summed E-state index contributed by atoms with van der Waals surface area (Å²) in [5.74, 6) is 1.37. The van der Waals surface area contributed by atoms with Gasteiger partial charge < -0.3 is 19.7 Å². The van der Waals surface area contributed by atoms with Crippen LogP contribution in [0.3, 0.4) is 0 Å². The first-order valence-electron chi connectivity index (χ1n) is 8.97. The second-order valence-corrected chi connectivity index (χ2v) is 6.51. The molecule has 0 spiro atoms. The highest BCUT2D eigenvalue weighted by molar-refractivity contribution is 5.85. The smallest absolute Gasteiger partial charge is 0.242 e. The Kier molecular flexibility index (Phi) is 5.66. The second-order valence-electron chi connectivity index (χ2n) is 6.51. The fourth-order valence-electron chi connectivity index (χ4n) is 3.43. The molecule has 0 radical (unpaired) electrons. The van der Waals surface area contributed by atoms with Gasteiger partial charge in [0.15, 0.2) is 11.5 Å². The SMILES string of the molecule is COc1ccc(CNC(=O)[C@@H](C)N2CCCc3ccccc32)cc1OC. The van der Waals surface area contributed by atoms with Gasteiger partial charge >= 0.3 is 0 Å². The average Bonchev–Trinajstić information content (AvgIpc) is 2.70. The standard InChI is InChI=1S/C21H26N2O3/c1-15(23-12-6-8-17-7-4-5-9-18(17)23)21(24)22-14-16-10-11-19(25-2)20(13-16)26-3/h4-5,7,9-11,13,15H,6,8,12,14H2,1-3H3,(H,22,24)/t15-/m1/s1. The third kappa shape index (κ3) is 3.77. The number of nitrogens with zero attached hydrogens (tertiary/aromatic N) is 1. The van der Waals surface area contributed by atoms with Crippen molar-refractivity contribution < 1.29 is 14.3 Å². The van der Waals surface area contributed by atoms with Gasteiger partial charge in [-0.1, -0.05) is 24.3 Å². The van der Waals surface area contributed by atoms with Crippen molar-refractivity contribution in [1.82, 2.24) is 5.32 Å². The minimum Gasteiger partial charge on any atom is -0.493 e. The molecule has 1 atom stereocenters. The zero-order valence-electron chi connectivity index (χ0n) is 15.6. The Labute approximate surface area is 154 Å². The summed E-state index contributed by atoms with van der Waals surface area (Å²) in [7, 11) is 3.22. The van der Waals surface area contributed by atoms with Crippen molar-refractivity contribution in [3.8, 4) is 11.5 Å². The molecule has 2 aromatic rings. The minimum absolute atomic E-state index is 0.0245. The Morgan fingerprint density at radius 2 is 1.92 bits per heavy atom. The van der Waals surface area contributed by atoms with Crippen LogP contribution >= 0.6 is 0 Å². The van der Waals surface area contributed by atoms with E-state index >= 15 is 0 Å². The molecule has 0 saturated carbocycles. The maximum absolute atomic E-state index is 12.7. The van der Waals surface area contributed by atoms with Crippen LogP contribution in [0.4, 0.5) is 5.69 Å². The van der Waals surface area contributed by atoms with Gasteiger partial charge in [-0.05, 0) is 49.1 Å². The Morgan fingerprint density at radius 1 is 1.15 bits per heavy atom. The summed E-state index contributed by atoms with van der Waals surface area (Å²) in [6.45, 7) is 3.33. The highest BCUT2D eigenvalue weighted by atomic mass is 16.5. The molecule has 1 amide bonds. The van der Waals surface area contributed by atoms with Crippen LogP contribution in [0.5, 0.6) is 11.5 Å². The van der Waals surface area contributed by atoms with E-state index in [-0.39, 0.29) is 11.9 Å². The molecular weight excluding hydrogens is 328 g/mol. The number of ether oxygens (including phenoxy) is 2. The summed E-state index contributed by atoms with van der Waals surface area (Å²) >= 11 is 0. The van der Waals surface area contributed by atoms with Crippen molar-refractivity contribution in [2.75, 3.05) is 25.7 Å². The average molecular weight is 354 g/mol. The maximum Gasteiger partial charge on any atom is 0.242 e. The lowest BCUT2D eigenvalue weighted by atomic mass is 10.00. The van der Waals surface area contributed by atoms with Gasteiger partial charge in [-0.25, -0.2) is 0 Å². The van der Waals surface area contributed by atoms with Crippen molar-refractivity contribution in [3.63, 3.8) is 0 Å². The fraction of sp³-hybridized carbons (Fsp3) is 0.381. The molecule has 0 bridgehead atoms. The Bertz CT molecular complexity index is 776. The first-order chi connectivity index (χ1) is 12.6. The van der Waals surface area contributed by atoms with Crippen LogP contribution in [0.25, 0.3) is 0 Å². The van der Waals surface area contributed by atoms with E-state index in [1.54, 1.807) is 14.2 Å². The van der Waals surface area contributed by atoms with Gasteiger partial charge in [0, 0.05) is 18.8 Å². The number of rotatable bonds is 6. The van der Waals surface area contributed by atoms with Crippen LogP contribution < -0.4 is 19.7 Å². The van der Waals surface area contributed by atoms with Crippen LogP contribution in [0.15, 0.2) is 42.5 Å². The zero-order valence-corrected chi connectivity index (χ0v) is 15.6. The predicted molar refractivity (Wildman–Crippen MR) is 103 cm³/mol. The molecule has 1 aliphatic rings. The minimum atomic E-state index is -0.211. The number of hydrogen-bond acceptors (Lipinski definition) is 4. The number of nitrogens with one attached hydrogen (secondary N) is 1. The lowest BCUT2D eigenvalue weighted by Crippen LogP contribution is -2.47. The van der Waals surface area contributed by atoms with E-state index in [2.05, 4.69) is 28.4 Å². The third-order valence-electron chi connectivity index (χ3n) is 4.91. The predicted octanol–water partition coefficient (Wildman–Crippen LogP) is 3.16. The van der Waals surface area contributed by atoms with Crippen molar-refractivity contribution >= 4 is 11.6 Å². The molecule has 0 fully saturated rings. The van der Waals surface area contributed by atoms with Gasteiger partial charge in [0.1, 0.15) is 6.04 Å². The van der Waals surface area contributed by atoms with Crippen LogP contribution in [0, 0.1) is 0 Å². The molecule has 3 rings (SSSR count). The summed E-state index contributed by atoms with van der Waals surface area (Å²) in [6, 6.07) is 13.8. The number of fused-ring (bicyclic) bond motifs is 1. The van der Waals surface area contributed by atoms with E-state index in [4.69, 9.17) is 9.47 Å². The Balaban J connectivity index is 1.65. The number of carbonyl (C=O) groups is 1. The third-order valence-corrected chi connectivity index (χ3v) is 4.91. The van der Waals surface area contributed by atoms with Crippen LogP contribution in [0.1, 0.15) is 24.5 Å². The number of benzene rings is 2. The van der Waals surface area contributed by atoms with Crippen molar-refractivity contribution in [2.45, 2.75) is 32.4 Å². The van der Waals surface area contributed by atoms with Gasteiger partial charge in [-0.2, -0.15) is 0 Å². The second kappa shape index (κ2) is 8.13. The number of hydrogen-bond donors (Lipinski definition) is 1. The molecule has 0 aromatic heterocycles. The Morgan fingerprint density at radius 3 is 2.69 bits per heavy atom. The van der Waals surface area contributed by atoms with E-state index in [1.807, 2.05) is 31.2 Å². The number of carbonyl (C=O) groups excluding carboxylic acids is 1. The summed E-state index contributed by atoms with van der Waals surface area (Å²) in [5.41, 5.74) is 3.47. The number of anilines is 1. The summed E-state index contributed by atoms with van der Waals surface area (Å²) in [6.07, 6.45) is 2.15. The molecule has 0 aliphatic carbocycles. The zero-order chi connectivity index (χ0) is 18.5. The molecule has 26 heavy (non-hydrogen) atoms. The highest BCUT2D eigenvalue weighted by Gasteiger charge is 2.25. The van der Waals surface area contributed by atoms with Gasteiger partial charge in [-0.3, -0.25) is 4.79 Å². The summed E-state index contributed by atoms with van der Waals surface area (Å²) in [4.78, 5) is 14.9. The van der Waals surface area contributed by atoms with Crippen LogP contribution in [0.2, 0.25) is 0 Å². The van der Waals surface area contributed by atoms with E-state index in [9.17, 15) is 4.79 Å². The first-order valence-corrected chi connectivity index (χ1v) is 8.97. The van der Waals surface area contributed by atoms with Crippen molar-refractivity contribution in [2.24, 2.45) is 0 Å². The largest absolute Gasteiger partial charge is 0.493 e. The molecular formula is C21H26N2O3. The molecule has 0 unspecified atom stereocenters. The normalized spacial score (nSPS) is 14.3. The molecule has 5 nitrogen and oxygen atoms in total. The van der Waals surface area contributed by atoms with Crippen LogP contribution in [-0.2, 0) is 17.8 Å². The number of amides is 1. The van der Waals surface area contributed by atoms with E-state index in [0.29, 0.717) is 18.0 Å². The number of methoxy groups -OCH3 is 2.